The molecule has 1 amide bonds. The number of pyridine rings is 1. The van der Waals surface area contributed by atoms with E-state index in [1.165, 1.54) is 0 Å². The van der Waals surface area contributed by atoms with Crippen LogP contribution in [0.25, 0.3) is 22.2 Å². The molecule has 36 heavy (non-hydrogen) atoms. The molecule has 0 aliphatic carbocycles. The SMILES string of the molecule is CC(C)(C)[Si](C)(C)Oc1ccc2c(c1)cc(-c1ccc(N3CCC(C(N)=O)CC3)nc1F)n2C(=O)O. The van der Waals surface area contributed by atoms with E-state index in [0.29, 0.717) is 48.4 Å². The first-order chi connectivity index (χ1) is 16.8. The van der Waals surface area contributed by atoms with E-state index in [-0.39, 0.29) is 28.1 Å². The molecule has 8 nitrogen and oxygen atoms in total. The summed E-state index contributed by atoms with van der Waals surface area (Å²) in [4.78, 5) is 29.6. The highest BCUT2D eigenvalue weighted by molar-refractivity contribution is 6.74. The number of halogens is 1. The standard InChI is InChI=1S/C26H33FN4O4Si/c1-26(2,3)36(4,5)35-18-6-8-20-17(14-18)15-21(31(20)25(33)34)19-7-9-22(29-23(19)27)30-12-10-16(11-13-30)24(28)32/h6-9,14-16H,10-13H2,1-5H3,(H2,28,32)(H,33,34). The van der Waals surface area contributed by atoms with Crippen LogP contribution in [0.2, 0.25) is 18.1 Å². The highest BCUT2D eigenvalue weighted by atomic mass is 28.4. The molecular formula is C26H33FN4O4Si. The molecule has 0 bridgehead atoms. The van der Waals surface area contributed by atoms with Crippen molar-refractivity contribution in [2.75, 3.05) is 18.0 Å². The number of rotatable bonds is 5. The number of aromatic nitrogens is 2. The minimum Gasteiger partial charge on any atom is -0.543 e. The quantitative estimate of drug-likeness (QED) is 0.347. The number of piperidine rings is 1. The lowest BCUT2D eigenvalue weighted by Crippen LogP contribution is -2.43. The van der Waals surface area contributed by atoms with Crippen LogP contribution in [0, 0.1) is 11.9 Å². The number of hydrogen-bond donors (Lipinski definition) is 2. The monoisotopic (exact) mass is 512 g/mol. The number of primary amides is 1. The second kappa shape index (κ2) is 9.23. The molecular weight excluding hydrogens is 479 g/mol. The number of carbonyl (C=O) groups excluding carboxylic acids is 1. The smallest absolute Gasteiger partial charge is 0.416 e. The van der Waals surface area contributed by atoms with Gasteiger partial charge in [-0.05, 0) is 67.4 Å². The lowest BCUT2D eigenvalue weighted by molar-refractivity contribution is -0.122. The van der Waals surface area contributed by atoms with E-state index in [9.17, 15) is 14.7 Å². The van der Waals surface area contributed by atoms with Gasteiger partial charge in [0.2, 0.25) is 20.2 Å². The van der Waals surface area contributed by atoms with Crippen molar-refractivity contribution in [3.05, 3.63) is 42.3 Å². The Morgan fingerprint density at radius 1 is 1.14 bits per heavy atom. The zero-order valence-corrected chi connectivity index (χ0v) is 22.3. The molecule has 1 aromatic carbocycles. The van der Waals surface area contributed by atoms with E-state index in [2.05, 4.69) is 38.8 Å². The van der Waals surface area contributed by atoms with Crippen molar-refractivity contribution < 1.29 is 23.5 Å². The lowest BCUT2D eigenvalue weighted by atomic mass is 9.96. The van der Waals surface area contributed by atoms with Crippen LogP contribution in [0.5, 0.6) is 5.75 Å². The molecule has 1 fully saturated rings. The molecule has 4 rings (SSSR count). The predicted molar refractivity (Wildman–Crippen MR) is 141 cm³/mol. The van der Waals surface area contributed by atoms with Gasteiger partial charge in [0.05, 0.1) is 16.8 Å². The molecule has 1 aliphatic heterocycles. The molecule has 0 unspecified atom stereocenters. The first kappa shape index (κ1) is 25.7. The first-order valence-corrected chi connectivity index (χ1v) is 15.0. The zero-order valence-electron chi connectivity index (χ0n) is 21.3. The minimum atomic E-state index is -2.09. The number of carbonyl (C=O) groups is 2. The minimum absolute atomic E-state index is 0.00573. The Balaban J connectivity index is 1.68. The molecule has 3 heterocycles. The fraction of sp³-hybridized carbons (Fsp3) is 0.423. The van der Waals surface area contributed by atoms with Crippen LogP contribution in [0.3, 0.4) is 0 Å². The molecule has 0 atom stereocenters. The summed E-state index contributed by atoms with van der Waals surface area (Å²) in [6.07, 6.45) is -0.0325. The van der Waals surface area contributed by atoms with E-state index >= 15 is 4.39 Å². The van der Waals surface area contributed by atoms with Crippen LogP contribution < -0.4 is 15.1 Å². The third-order valence-corrected chi connectivity index (χ3v) is 11.8. The van der Waals surface area contributed by atoms with Crippen LogP contribution in [0.15, 0.2) is 36.4 Å². The van der Waals surface area contributed by atoms with E-state index in [0.717, 1.165) is 4.57 Å². The van der Waals surface area contributed by atoms with Crippen molar-refractivity contribution >= 4 is 37.0 Å². The number of carboxylic acid groups (broad SMARTS) is 1. The van der Waals surface area contributed by atoms with E-state index in [4.69, 9.17) is 10.2 Å². The molecule has 192 valence electrons. The molecule has 3 aromatic rings. The molecule has 1 saturated heterocycles. The summed E-state index contributed by atoms with van der Waals surface area (Å²) in [5.41, 5.74) is 6.13. The average molecular weight is 513 g/mol. The maximum atomic E-state index is 15.3. The van der Waals surface area contributed by atoms with Gasteiger partial charge in [0, 0.05) is 24.4 Å². The van der Waals surface area contributed by atoms with Gasteiger partial charge in [0.25, 0.3) is 0 Å². The molecule has 0 radical (unpaired) electrons. The molecule has 0 saturated carbocycles. The van der Waals surface area contributed by atoms with Crippen LogP contribution in [-0.4, -0.2) is 48.1 Å². The van der Waals surface area contributed by atoms with Gasteiger partial charge in [0.1, 0.15) is 11.6 Å². The van der Waals surface area contributed by atoms with Crippen LogP contribution in [-0.2, 0) is 4.79 Å². The van der Waals surface area contributed by atoms with Gasteiger partial charge in [-0.1, -0.05) is 20.8 Å². The largest absolute Gasteiger partial charge is 0.543 e. The normalized spacial score (nSPS) is 15.3. The van der Waals surface area contributed by atoms with Crippen molar-refractivity contribution in [2.24, 2.45) is 11.7 Å². The van der Waals surface area contributed by atoms with Crippen LogP contribution in [0.1, 0.15) is 33.6 Å². The highest BCUT2D eigenvalue weighted by Crippen LogP contribution is 2.39. The Morgan fingerprint density at radius 2 is 1.81 bits per heavy atom. The van der Waals surface area contributed by atoms with E-state index < -0.39 is 20.4 Å². The molecule has 10 heteroatoms. The summed E-state index contributed by atoms with van der Waals surface area (Å²) in [6, 6.07) is 10.1. The number of anilines is 1. The van der Waals surface area contributed by atoms with Crippen LogP contribution in [0.4, 0.5) is 15.0 Å². The van der Waals surface area contributed by atoms with Crippen molar-refractivity contribution in [2.45, 2.75) is 51.7 Å². The second-order valence-electron chi connectivity index (χ2n) is 10.9. The summed E-state index contributed by atoms with van der Waals surface area (Å²) in [5.74, 6) is -0.142. The summed E-state index contributed by atoms with van der Waals surface area (Å²) < 4.78 is 22.7. The van der Waals surface area contributed by atoms with Crippen molar-refractivity contribution in [3.63, 3.8) is 0 Å². The van der Waals surface area contributed by atoms with Gasteiger partial charge >= 0.3 is 6.09 Å². The van der Waals surface area contributed by atoms with Gasteiger partial charge < -0.3 is 20.2 Å². The van der Waals surface area contributed by atoms with Crippen molar-refractivity contribution in [1.29, 1.82) is 0 Å². The number of nitrogens with zero attached hydrogens (tertiary/aromatic N) is 3. The van der Waals surface area contributed by atoms with E-state index in [1.54, 1.807) is 36.4 Å². The highest BCUT2D eigenvalue weighted by Gasteiger charge is 2.39. The molecule has 3 N–H and O–H groups in total. The fourth-order valence-electron chi connectivity index (χ4n) is 4.29. The number of nitrogens with two attached hydrogens (primary N) is 1. The van der Waals surface area contributed by atoms with Gasteiger partial charge in [-0.25, -0.2) is 14.3 Å². The second-order valence-corrected chi connectivity index (χ2v) is 15.6. The predicted octanol–water partition coefficient (Wildman–Crippen LogP) is 5.45. The topological polar surface area (TPSA) is 111 Å². The Hall–Kier alpha value is -3.40. The van der Waals surface area contributed by atoms with Gasteiger partial charge in [-0.3, -0.25) is 4.79 Å². The maximum absolute atomic E-state index is 15.3. The first-order valence-electron chi connectivity index (χ1n) is 12.1. The summed E-state index contributed by atoms with van der Waals surface area (Å²) in [7, 11) is -2.09. The van der Waals surface area contributed by atoms with Crippen molar-refractivity contribution in [3.8, 4) is 17.0 Å². The number of hydrogen-bond acceptors (Lipinski definition) is 5. The van der Waals surface area contributed by atoms with Gasteiger partial charge in [-0.2, -0.15) is 4.39 Å². The van der Waals surface area contributed by atoms with Gasteiger partial charge in [0.15, 0.2) is 0 Å². The Labute approximate surface area is 211 Å². The van der Waals surface area contributed by atoms with Crippen LogP contribution >= 0.6 is 0 Å². The van der Waals surface area contributed by atoms with Gasteiger partial charge in [-0.15, -0.1) is 0 Å². The number of fused-ring (bicyclic) bond motifs is 1. The number of benzene rings is 1. The van der Waals surface area contributed by atoms with E-state index in [1.807, 2.05) is 4.90 Å². The fourth-order valence-corrected chi connectivity index (χ4v) is 5.32. The Bertz CT molecular complexity index is 1320. The summed E-state index contributed by atoms with van der Waals surface area (Å²) in [5, 5.41) is 10.6. The Kier molecular flexibility index (Phi) is 6.59. The lowest BCUT2D eigenvalue weighted by Gasteiger charge is -2.36. The Morgan fingerprint density at radius 3 is 2.36 bits per heavy atom. The third-order valence-electron chi connectivity index (χ3n) is 7.47. The molecule has 1 aliphatic rings. The molecule has 2 aromatic heterocycles. The van der Waals surface area contributed by atoms with Crippen molar-refractivity contribution in [1.82, 2.24) is 9.55 Å². The summed E-state index contributed by atoms with van der Waals surface area (Å²) in [6.45, 7) is 11.8. The summed E-state index contributed by atoms with van der Waals surface area (Å²) >= 11 is 0. The zero-order chi connectivity index (χ0) is 26.4. The number of amides is 1. The molecule has 0 spiro atoms. The maximum Gasteiger partial charge on any atom is 0.416 e. The third kappa shape index (κ3) is 4.82. The average Bonchev–Trinajstić information content (AvgIpc) is 3.16.